The molecule has 3 aliphatic rings. The molecular formula is C23H29N9O12P2S. The average molecular weight is 718 g/mol. The smallest absolute Gasteiger partial charge is 0.386 e. The molecule has 254 valence electrons. The summed E-state index contributed by atoms with van der Waals surface area (Å²) >= 11 is 5.36. The lowest BCUT2D eigenvalue weighted by molar-refractivity contribution is -0.0657. The van der Waals surface area contributed by atoms with Gasteiger partial charge in [0, 0.05) is 12.8 Å². The van der Waals surface area contributed by atoms with E-state index in [1.807, 2.05) is 0 Å². The van der Waals surface area contributed by atoms with Crippen molar-refractivity contribution in [2.75, 3.05) is 31.3 Å². The maximum atomic E-state index is 13.3. The molecule has 8 N–H and O–H groups in total. The number of aromatic nitrogens is 7. The van der Waals surface area contributed by atoms with Gasteiger partial charge < -0.3 is 49.7 Å². The van der Waals surface area contributed by atoms with Crippen molar-refractivity contribution in [1.29, 1.82) is 0 Å². The molecule has 0 amide bonds. The fraction of sp³-hybridized carbons (Fsp3) is 0.522. The van der Waals surface area contributed by atoms with Gasteiger partial charge in [0.15, 0.2) is 23.6 Å². The molecule has 3 aliphatic heterocycles. The number of hydrogen-bond donors (Lipinski definition) is 6. The third-order valence-corrected chi connectivity index (χ3v) is 10.4. The minimum atomic E-state index is -4.96. The van der Waals surface area contributed by atoms with E-state index >= 15 is 0 Å². The first-order valence-corrected chi connectivity index (χ1v) is 18.2. The molecule has 2 bridgehead atoms. The monoisotopic (exact) mass is 717 g/mol. The van der Waals surface area contributed by atoms with Gasteiger partial charge in [0.1, 0.15) is 54.4 Å². The summed E-state index contributed by atoms with van der Waals surface area (Å²) in [6.07, 6.45) is -6.27. The maximum Gasteiger partial charge on any atom is 0.472 e. The fourth-order valence-electron chi connectivity index (χ4n) is 5.82. The zero-order valence-corrected chi connectivity index (χ0v) is 26.8. The van der Waals surface area contributed by atoms with E-state index in [4.69, 9.17) is 55.6 Å². The molecule has 10 atom stereocenters. The van der Waals surface area contributed by atoms with Crippen molar-refractivity contribution in [3.05, 3.63) is 35.3 Å². The number of H-pyrrole nitrogens is 1. The number of imidazole rings is 1. The van der Waals surface area contributed by atoms with Crippen LogP contribution in [-0.4, -0.2) is 105 Å². The van der Waals surface area contributed by atoms with Gasteiger partial charge >= 0.3 is 14.5 Å². The van der Waals surface area contributed by atoms with Crippen LogP contribution in [0.1, 0.15) is 19.4 Å². The van der Waals surface area contributed by atoms with Crippen molar-refractivity contribution in [2.24, 2.45) is 0 Å². The number of aliphatic hydroxyl groups is 1. The first-order chi connectivity index (χ1) is 22.4. The number of hydrogen-bond acceptors (Lipinski definition) is 17. The molecule has 3 fully saturated rings. The Bertz CT molecular complexity index is 1980. The van der Waals surface area contributed by atoms with Crippen LogP contribution in [0.3, 0.4) is 0 Å². The SMILES string of the molecule is CCOC1[C@H]2COP(=O)(O)O[C@@H]3C(O)[C@H](n4ccc5c(N)ncnc54)O[C@@H]3COP(O)(=S)O[C@@H]1[C@H](n1cnc3c(=O)[nH]c(N)nc31)O2. The molecule has 0 aliphatic carbocycles. The molecule has 3 saturated heterocycles. The zero-order chi connectivity index (χ0) is 33.2. The van der Waals surface area contributed by atoms with Crippen LogP contribution in [-0.2, 0) is 48.7 Å². The lowest BCUT2D eigenvalue weighted by atomic mass is 10.1. The second-order valence-electron chi connectivity index (χ2n) is 10.7. The van der Waals surface area contributed by atoms with Crippen LogP contribution in [0.4, 0.5) is 11.8 Å². The van der Waals surface area contributed by atoms with Gasteiger partial charge in [-0.15, -0.1) is 0 Å². The molecular weight excluding hydrogens is 688 g/mol. The summed E-state index contributed by atoms with van der Waals surface area (Å²) in [6, 6.07) is 1.61. The van der Waals surface area contributed by atoms with E-state index in [0.29, 0.717) is 11.0 Å². The van der Waals surface area contributed by atoms with Crippen molar-refractivity contribution in [3.8, 4) is 0 Å². The van der Waals surface area contributed by atoms with Gasteiger partial charge in [0.05, 0.1) is 24.9 Å². The van der Waals surface area contributed by atoms with E-state index in [9.17, 15) is 24.3 Å². The summed E-state index contributed by atoms with van der Waals surface area (Å²) in [5.74, 6) is -0.0162. The minimum Gasteiger partial charge on any atom is -0.386 e. The number of fused-ring (bicyclic) bond motifs is 5. The molecule has 0 spiro atoms. The highest BCUT2D eigenvalue weighted by atomic mass is 32.5. The van der Waals surface area contributed by atoms with E-state index in [-0.39, 0.29) is 29.5 Å². The first kappa shape index (κ1) is 32.6. The molecule has 7 heterocycles. The Labute approximate surface area is 268 Å². The van der Waals surface area contributed by atoms with Crippen LogP contribution < -0.4 is 17.0 Å². The van der Waals surface area contributed by atoms with Gasteiger partial charge in [-0.25, -0.2) is 19.5 Å². The molecule has 0 radical (unpaired) electrons. The van der Waals surface area contributed by atoms with Crippen LogP contribution in [0, 0.1) is 0 Å². The largest absolute Gasteiger partial charge is 0.472 e. The topological polar surface area (TPSA) is 289 Å². The molecule has 7 rings (SSSR count). The third kappa shape index (κ3) is 5.99. The Morgan fingerprint density at radius 1 is 1.06 bits per heavy atom. The van der Waals surface area contributed by atoms with Crippen molar-refractivity contribution in [1.82, 2.24) is 34.1 Å². The highest BCUT2D eigenvalue weighted by Gasteiger charge is 2.54. The number of nitrogens with two attached hydrogens (primary N) is 2. The second kappa shape index (κ2) is 12.2. The number of phosphoric ester groups is 1. The number of aliphatic hydroxyl groups excluding tert-OH is 1. The van der Waals surface area contributed by atoms with Crippen LogP contribution in [0.15, 0.2) is 29.7 Å². The standard InChI is InChI=1S/C23H29N9O12P2S/c1-2-38-15-11-5-39-45(35,36)43-14-10(41-21(13(14)33)31-4-3-9-17(24)26-7-27-18(9)31)6-40-46(37,47)44-16(15)22(42-11)32-8-28-12-19(32)29-23(25)30-20(12)34/h3-4,7-8,10-11,13-16,21-22,33H,2,5-6H2,1H3,(H,35,36)(H,37,47)(H2,24,26,27)(H3,25,29,30,34)/t10-,11-,13?,14+,15?,16+,21-,22-,46?/m1/s1. The molecule has 47 heavy (non-hydrogen) atoms. The van der Waals surface area contributed by atoms with E-state index < -0.39 is 82.4 Å². The second-order valence-corrected chi connectivity index (χ2v) is 14.9. The average Bonchev–Trinajstić information content (AvgIpc) is 3.76. The quantitative estimate of drug-likeness (QED) is 0.144. The number of ether oxygens (including phenoxy) is 3. The number of nitrogens with zero attached hydrogens (tertiary/aromatic N) is 6. The van der Waals surface area contributed by atoms with Crippen molar-refractivity contribution < 1.29 is 51.8 Å². The summed E-state index contributed by atoms with van der Waals surface area (Å²) in [7, 11) is -4.96. The Morgan fingerprint density at radius 2 is 1.83 bits per heavy atom. The molecule has 0 aromatic carbocycles. The predicted octanol–water partition coefficient (Wildman–Crippen LogP) is -0.576. The van der Waals surface area contributed by atoms with E-state index in [1.54, 1.807) is 13.0 Å². The summed E-state index contributed by atoms with van der Waals surface area (Å²) in [5.41, 5.74) is 11.3. The number of phosphoric acid groups is 1. The van der Waals surface area contributed by atoms with Gasteiger partial charge in [-0.2, -0.15) is 4.98 Å². The molecule has 24 heteroatoms. The Balaban J connectivity index is 1.23. The number of anilines is 2. The Morgan fingerprint density at radius 3 is 2.62 bits per heavy atom. The van der Waals surface area contributed by atoms with E-state index in [1.165, 1.54) is 28.0 Å². The molecule has 4 aromatic rings. The van der Waals surface area contributed by atoms with Crippen molar-refractivity contribution >= 4 is 60.3 Å². The first-order valence-electron chi connectivity index (χ1n) is 14.1. The molecule has 4 aromatic heterocycles. The molecule has 21 nitrogen and oxygen atoms in total. The van der Waals surface area contributed by atoms with Crippen LogP contribution in [0.5, 0.6) is 0 Å². The highest BCUT2D eigenvalue weighted by Crippen LogP contribution is 2.54. The normalized spacial score (nSPS) is 36.6. The Kier molecular flexibility index (Phi) is 8.45. The highest BCUT2D eigenvalue weighted by molar-refractivity contribution is 8.07. The number of nitrogen functional groups attached to an aromatic ring is 2. The predicted molar refractivity (Wildman–Crippen MR) is 162 cm³/mol. The lowest BCUT2D eigenvalue weighted by Gasteiger charge is -2.28. The van der Waals surface area contributed by atoms with Gasteiger partial charge in [-0.1, -0.05) is 0 Å². The van der Waals surface area contributed by atoms with Gasteiger partial charge in [-0.05, 0) is 24.8 Å². The van der Waals surface area contributed by atoms with Crippen LogP contribution >= 0.6 is 14.5 Å². The summed E-state index contributed by atoms with van der Waals surface area (Å²) < 4.78 is 56.6. The van der Waals surface area contributed by atoms with Crippen LogP contribution in [0.2, 0.25) is 0 Å². The van der Waals surface area contributed by atoms with Gasteiger partial charge in [0.25, 0.3) is 5.56 Å². The summed E-state index contributed by atoms with van der Waals surface area (Å²) in [5, 5.41) is 11.8. The van der Waals surface area contributed by atoms with Gasteiger partial charge in [0.2, 0.25) is 5.95 Å². The van der Waals surface area contributed by atoms with Crippen molar-refractivity contribution in [3.63, 3.8) is 0 Å². The Hall–Kier alpha value is -2.95. The van der Waals surface area contributed by atoms with E-state index in [2.05, 4.69) is 24.9 Å². The molecule has 0 saturated carbocycles. The maximum absolute atomic E-state index is 13.3. The number of aromatic amines is 1. The molecule has 4 unspecified atom stereocenters. The zero-order valence-electron chi connectivity index (χ0n) is 24.2. The van der Waals surface area contributed by atoms with Gasteiger partial charge in [-0.3, -0.25) is 27.9 Å². The minimum absolute atomic E-state index is 0.0119. The van der Waals surface area contributed by atoms with Crippen LogP contribution in [0.25, 0.3) is 22.2 Å². The van der Waals surface area contributed by atoms with Crippen molar-refractivity contribution in [2.45, 2.75) is 56.0 Å². The summed E-state index contributed by atoms with van der Waals surface area (Å²) in [4.78, 5) is 53.3. The number of rotatable bonds is 4. The lowest BCUT2D eigenvalue weighted by Crippen LogP contribution is -2.38. The fourth-order valence-corrected chi connectivity index (χ4v) is 8.19. The third-order valence-electron chi connectivity index (χ3n) is 7.81. The summed E-state index contributed by atoms with van der Waals surface area (Å²) in [6.45, 7) is -3.57. The van der Waals surface area contributed by atoms with E-state index in [0.717, 1.165) is 0 Å². The number of nitrogens with one attached hydrogen (secondary N) is 1.